The van der Waals surface area contributed by atoms with E-state index in [0.29, 0.717) is 43.5 Å². The third-order valence-corrected chi connectivity index (χ3v) is 4.94. The molecule has 0 aromatic heterocycles. The Hall–Kier alpha value is -2.08. The molecule has 0 spiro atoms. The summed E-state index contributed by atoms with van der Waals surface area (Å²) < 4.78 is 5.28. The van der Waals surface area contributed by atoms with Crippen molar-refractivity contribution in [3.05, 3.63) is 29.8 Å². The Labute approximate surface area is 148 Å². The number of amides is 3. The van der Waals surface area contributed by atoms with E-state index in [4.69, 9.17) is 4.74 Å². The van der Waals surface area contributed by atoms with Crippen molar-refractivity contribution < 1.29 is 14.3 Å². The van der Waals surface area contributed by atoms with E-state index in [1.54, 1.807) is 29.2 Å². The molecule has 2 unspecified atom stereocenters. The summed E-state index contributed by atoms with van der Waals surface area (Å²) >= 11 is 0. The number of nitrogens with zero attached hydrogens (tertiary/aromatic N) is 1. The second-order valence-electron chi connectivity index (χ2n) is 7.05. The van der Waals surface area contributed by atoms with Crippen LogP contribution in [-0.2, 0) is 4.74 Å². The number of nitrogens with one attached hydrogen (secondary N) is 2. The van der Waals surface area contributed by atoms with E-state index < -0.39 is 0 Å². The van der Waals surface area contributed by atoms with Crippen molar-refractivity contribution in [1.29, 1.82) is 0 Å². The molecule has 2 N–H and O–H groups in total. The maximum atomic E-state index is 12.5. The molecule has 25 heavy (non-hydrogen) atoms. The second kappa shape index (κ2) is 8.34. The van der Waals surface area contributed by atoms with Gasteiger partial charge in [-0.3, -0.25) is 4.79 Å². The highest BCUT2D eigenvalue weighted by Crippen LogP contribution is 2.23. The zero-order chi connectivity index (χ0) is 17.6. The lowest BCUT2D eigenvalue weighted by Crippen LogP contribution is -2.41. The van der Waals surface area contributed by atoms with Gasteiger partial charge in [0, 0.05) is 30.4 Å². The average Bonchev–Trinajstić information content (AvgIpc) is 2.62. The fourth-order valence-electron chi connectivity index (χ4n) is 3.60. The number of carbonyl (C=O) groups excluding carboxylic acids is 2. The normalized spacial score (nSPS) is 23.8. The van der Waals surface area contributed by atoms with Gasteiger partial charge in [0.25, 0.3) is 5.91 Å². The topological polar surface area (TPSA) is 70.7 Å². The minimum Gasteiger partial charge on any atom is -0.378 e. The smallest absolute Gasteiger partial charge is 0.319 e. The van der Waals surface area contributed by atoms with E-state index in [0.717, 1.165) is 19.3 Å². The molecular weight excluding hydrogens is 318 g/mol. The molecule has 2 atom stereocenters. The van der Waals surface area contributed by atoms with Crippen LogP contribution >= 0.6 is 0 Å². The quantitative estimate of drug-likeness (QED) is 0.885. The molecule has 1 heterocycles. The Morgan fingerprint density at radius 2 is 2.00 bits per heavy atom. The number of hydrogen-bond donors (Lipinski definition) is 2. The van der Waals surface area contributed by atoms with Crippen LogP contribution in [0.3, 0.4) is 0 Å². The van der Waals surface area contributed by atoms with Gasteiger partial charge in [-0.1, -0.05) is 25.8 Å². The van der Waals surface area contributed by atoms with Gasteiger partial charge in [0.2, 0.25) is 0 Å². The van der Waals surface area contributed by atoms with Crippen LogP contribution in [0.15, 0.2) is 24.3 Å². The maximum Gasteiger partial charge on any atom is 0.319 e. The molecule has 1 saturated carbocycles. The first-order chi connectivity index (χ1) is 12.1. The van der Waals surface area contributed by atoms with Gasteiger partial charge in [-0.05, 0) is 37.0 Å². The summed E-state index contributed by atoms with van der Waals surface area (Å²) in [7, 11) is 0. The number of urea groups is 1. The van der Waals surface area contributed by atoms with E-state index in [-0.39, 0.29) is 18.0 Å². The number of ether oxygens (including phenoxy) is 1. The zero-order valence-electron chi connectivity index (χ0n) is 14.8. The second-order valence-corrected chi connectivity index (χ2v) is 7.05. The fourth-order valence-corrected chi connectivity index (χ4v) is 3.60. The van der Waals surface area contributed by atoms with Crippen molar-refractivity contribution in [1.82, 2.24) is 10.2 Å². The van der Waals surface area contributed by atoms with Crippen molar-refractivity contribution in [2.75, 3.05) is 31.6 Å². The number of benzene rings is 1. The van der Waals surface area contributed by atoms with Gasteiger partial charge in [-0.15, -0.1) is 0 Å². The van der Waals surface area contributed by atoms with Crippen LogP contribution in [0.1, 0.15) is 43.0 Å². The number of morpholine rings is 1. The molecule has 136 valence electrons. The summed E-state index contributed by atoms with van der Waals surface area (Å²) in [5, 5.41) is 5.90. The van der Waals surface area contributed by atoms with Gasteiger partial charge in [-0.25, -0.2) is 4.79 Å². The van der Waals surface area contributed by atoms with E-state index >= 15 is 0 Å². The van der Waals surface area contributed by atoms with Crippen molar-refractivity contribution in [2.45, 2.75) is 38.6 Å². The lowest BCUT2D eigenvalue weighted by Gasteiger charge is -2.27. The van der Waals surface area contributed by atoms with Gasteiger partial charge in [0.05, 0.1) is 13.2 Å². The highest BCUT2D eigenvalue weighted by molar-refractivity contribution is 5.97. The summed E-state index contributed by atoms with van der Waals surface area (Å²) in [5.74, 6) is 0.641. The standard InChI is InChI=1S/C19H27N3O3/c1-14-4-2-6-16(12-14)20-19(24)21-17-7-3-5-15(13-17)18(23)22-8-10-25-11-9-22/h3,5,7,13-14,16H,2,4,6,8-12H2,1H3,(H2,20,21,24). The Bertz CT molecular complexity index is 614. The zero-order valence-corrected chi connectivity index (χ0v) is 14.8. The third kappa shape index (κ3) is 4.95. The summed E-state index contributed by atoms with van der Waals surface area (Å²) in [6.45, 7) is 4.60. The van der Waals surface area contributed by atoms with Gasteiger partial charge in [0.15, 0.2) is 0 Å². The van der Waals surface area contributed by atoms with E-state index in [1.165, 1.54) is 6.42 Å². The van der Waals surface area contributed by atoms with Crippen LogP contribution in [0, 0.1) is 5.92 Å². The van der Waals surface area contributed by atoms with Crippen molar-refractivity contribution in [2.24, 2.45) is 5.92 Å². The molecule has 1 aliphatic heterocycles. The highest BCUT2D eigenvalue weighted by Gasteiger charge is 2.21. The number of rotatable bonds is 3. The molecule has 2 aliphatic rings. The number of anilines is 1. The lowest BCUT2D eigenvalue weighted by molar-refractivity contribution is 0.0303. The van der Waals surface area contributed by atoms with Gasteiger partial charge in [0.1, 0.15) is 0 Å². The molecule has 1 aliphatic carbocycles. The van der Waals surface area contributed by atoms with Crippen molar-refractivity contribution in [3.8, 4) is 0 Å². The van der Waals surface area contributed by atoms with Gasteiger partial charge in [-0.2, -0.15) is 0 Å². The summed E-state index contributed by atoms with van der Waals surface area (Å²) in [4.78, 5) is 26.6. The summed E-state index contributed by atoms with van der Waals surface area (Å²) in [6.07, 6.45) is 4.47. The predicted molar refractivity (Wildman–Crippen MR) is 96.7 cm³/mol. The highest BCUT2D eigenvalue weighted by atomic mass is 16.5. The molecule has 1 aromatic carbocycles. The van der Waals surface area contributed by atoms with E-state index in [1.807, 2.05) is 0 Å². The molecule has 0 radical (unpaired) electrons. The lowest BCUT2D eigenvalue weighted by atomic mass is 9.87. The van der Waals surface area contributed by atoms with Crippen LogP contribution in [0.2, 0.25) is 0 Å². The Kier molecular flexibility index (Phi) is 5.91. The molecule has 6 nitrogen and oxygen atoms in total. The fraction of sp³-hybridized carbons (Fsp3) is 0.579. The third-order valence-electron chi connectivity index (χ3n) is 4.94. The number of carbonyl (C=O) groups is 2. The molecule has 2 fully saturated rings. The largest absolute Gasteiger partial charge is 0.378 e. The first kappa shape index (κ1) is 17.7. The molecule has 0 bridgehead atoms. The Balaban J connectivity index is 1.57. The maximum absolute atomic E-state index is 12.5. The van der Waals surface area contributed by atoms with E-state index in [2.05, 4.69) is 17.6 Å². The minimum absolute atomic E-state index is 0.0199. The van der Waals surface area contributed by atoms with Crippen molar-refractivity contribution >= 4 is 17.6 Å². The molecule has 3 amide bonds. The Morgan fingerprint density at radius 3 is 2.76 bits per heavy atom. The van der Waals surface area contributed by atoms with Gasteiger partial charge < -0.3 is 20.3 Å². The Morgan fingerprint density at radius 1 is 1.20 bits per heavy atom. The van der Waals surface area contributed by atoms with Crippen LogP contribution in [-0.4, -0.2) is 49.2 Å². The first-order valence-corrected chi connectivity index (χ1v) is 9.16. The molecule has 1 aromatic rings. The molecule has 6 heteroatoms. The van der Waals surface area contributed by atoms with Crippen LogP contribution in [0.25, 0.3) is 0 Å². The van der Waals surface area contributed by atoms with Crippen LogP contribution in [0.4, 0.5) is 10.5 Å². The minimum atomic E-state index is -0.199. The number of hydrogen-bond acceptors (Lipinski definition) is 3. The van der Waals surface area contributed by atoms with Crippen LogP contribution in [0.5, 0.6) is 0 Å². The predicted octanol–water partition coefficient (Wildman–Crippen LogP) is 2.86. The molecule has 3 rings (SSSR count). The molecule has 1 saturated heterocycles. The molecular formula is C19H27N3O3. The monoisotopic (exact) mass is 345 g/mol. The van der Waals surface area contributed by atoms with Gasteiger partial charge >= 0.3 is 6.03 Å². The summed E-state index contributed by atoms with van der Waals surface area (Å²) in [6, 6.07) is 7.16. The van der Waals surface area contributed by atoms with Crippen LogP contribution < -0.4 is 10.6 Å². The van der Waals surface area contributed by atoms with E-state index in [9.17, 15) is 9.59 Å². The van der Waals surface area contributed by atoms with Crippen molar-refractivity contribution in [3.63, 3.8) is 0 Å². The first-order valence-electron chi connectivity index (χ1n) is 9.16. The average molecular weight is 345 g/mol. The summed E-state index contributed by atoms with van der Waals surface area (Å²) in [5.41, 5.74) is 1.23. The SMILES string of the molecule is CC1CCCC(NC(=O)Nc2cccc(C(=O)N3CCOCC3)c2)C1.